The van der Waals surface area contributed by atoms with Crippen LogP contribution in [0.5, 0.6) is 0 Å². The SMILES string of the molecule is CCCNC(=O)C1CSCN1C(=O)OC(C)(C)C. The molecular formula is C12H22N2O3S. The van der Waals surface area contributed by atoms with Crippen LogP contribution >= 0.6 is 11.8 Å². The Morgan fingerprint density at radius 2 is 2.11 bits per heavy atom. The number of rotatable bonds is 3. The van der Waals surface area contributed by atoms with Crippen LogP contribution < -0.4 is 5.32 Å². The lowest BCUT2D eigenvalue weighted by Crippen LogP contribution is -2.48. The van der Waals surface area contributed by atoms with Gasteiger partial charge in [0.05, 0.1) is 5.88 Å². The van der Waals surface area contributed by atoms with E-state index in [2.05, 4.69) is 5.32 Å². The van der Waals surface area contributed by atoms with Crippen LogP contribution in [-0.4, -0.2) is 46.7 Å². The highest BCUT2D eigenvalue weighted by Crippen LogP contribution is 2.23. The van der Waals surface area contributed by atoms with Gasteiger partial charge in [-0.05, 0) is 27.2 Å². The topological polar surface area (TPSA) is 58.6 Å². The normalized spacial score (nSPS) is 19.8. The lowest BCUT2D eigenvalue weighted by Gasteiger charge is -2.27. The highest BCUT2D eigenvalue weighted by Gasteiger charge is 2.36. The van der Waals surface area contributed by atoms with E-state index >= 15 is 0 Å². The van der Waals surface area contributed by atoms with E-state index in [4.69, 9.17) is 4.74 Å². The summed E-state index contributed by atoms with van der Waals surface area (Å²) in [5.41, 5.74) is -0.533. The summed E-state index contributed by atoms with van der Waals surface area (Å²) in [7, 11) is 0. The number of hydrogen-bond donors (Lipinski definition) is 1. The van der Waals surface area contributed by atoms with E-state index in [-0.39, 0.29) is 5.91 Å². The van der Waals surface area contributed by atoms with Crippen molar-refractivity contribution in [3.05, 3.63) is 0 Å². The molecule has 0 radical (unpaired) electrons. The minimum absolute atomic E-state index is 0.0901. The standard InChI is InChI=1S/C12H22N2O3S/c1-5-6-13-10(15)9-7-18-8-14(9)11(16)17-12(2,3)4/h9H,5-8H2,1-4H3,(H,13,15). The number of carbonyl (C=O) groups excluding carboxylic acids is 2. The van der Waals surface area contributed by atoms with Crippen molar-refractivity contribution in [2.45, 2.75) is 45.8 Å². The molecule has 0 aromatic rings. The summed E-state index contributed by atoms with van der Waals surface area (Å²) in [6.45, 7) is 8.10. The molecule has 0 spiro atoms. The van der Waals surface area contributed by atoms with Crippen LogP contribution in [0.25, 0.3) is 0 Å². The lowest BCUT2D eigenvalue weighted by atomic mass is 10.2. The molecule has 1 fully saturated rings. The van der Waals surface area contributed by atoms with Crippen molar-refractivity contribution in [3.63, 3.8) is 0 Å². The van der Waals surface area contributed by atoms with E-state index in [1.165, 1.54) is 4.90 Å². The molecule has 2 amide bonds. The summed E-state index contributed by atoms with van der Waals surface area (Å²) in [5.74, 6) is 1.06. The van der Waals surface area contributed by atoms with E-state index < -0.39 is 17.7 Å². The Hall–Kier alpha value is -0.910. The first-order valence-electron chi connectivity index (χ1n) is 6.20. The molecule has 0 aliphatic carbocycles. The molecule has 0 aromatic heterocycles. The second-order valence-corrected chi connectivity index (χ2v) is 6.26. The average Bonchev–Trinajstić information content (AvgIpc) is 2.72. The number of carbonyl (C=O) groups is 2. The smallest absolute Gasteiger partial charge is 0.411 e. The highest BCUT2D eigenvalue weighted by molar-refractivity contribution is 7.99. The van der Waals surface area contributed by atoms with Gasteiger partial charge in [-0.15, -0.1) is 11.8 Å². The average molecular weight is 274 g/mol. The van der Waals surface area contributed by atoms with E-state index in [1.54, 1.807) is 11.8 Å². The van der Waals surface area contributed by atoms with E-state index in [9.17, 15) is 9.59 Å². The van der Waals surface area contributed by atoms with Gasteiger partial charge in [0.2, 0.25) is 5.91 Å². The molecule has 1 heterocycles. The first kappa shape index (κ1) is 15.1. The minimum atomic E-state index is -0.533. The van der Waals surface area contributed by atoms with Crippen molar-refractivity contribution in [1.29, 1.82) is 0 Å². The summed E-state index contributed by atoms with van der Waals surface area (Å²) in [4.78, 5) is 25.4. The number of nitrogens with zero attached hydrogens (tertiary/aromatic N) is 1. The molecule has 1 saturated heterocycles. The quantitative estimate of drug-likeness (QED) is 0.853. The number of nitrogens with one attached hydrogen (secondary N) is 1. The van der Waals surface area contributed by atoms with Crippen molar-refractivity contribution >= 4 is 23.8 Å². The second-order valence-electron chi connectivity index (χ2n) is 5.26. The maximum absolute atomic E-state index is 12.0. The van der Waals surface area contributed by atoms with Crippen LogP contribution in [0.1, 0.15) is 34.1 Å². The van der Waals surface area contributed by atoms with E-state index in [1.807, 2.05) is 27.7 Å². The van der Waals surface area contributed by atoms with Gasteiger partial charge in [-0.3, -0.25) is 9.69 Å². The zero-order valence-electron chi connectivity index (χ0n) is 11.5. The first-order chi connectivity index (χ1) is 8.35. The summed E-state index contributed by atoms with van der Waals surface area (Å²) in [5, 5.41) is 2.82. The fourth-order valence-corrected chi connectivity index (χ4v) is 2.67. The van der Waals surface area contributed by atoms with Gasteiger partial charge in [0.1, 0.15) is 11.6 Å². The molecular weight excluding hydrogens is 252 g/mol. The zero-order chi connectivity index (χ0) is 13.8. The maximum Gasteiger partial charge on any atom is 0.411 e. The number of amides is 2. The molecule has 1 atom stereocenters. The van der Waals surface area contributed by atoms with Gasteiger partial charge < -0.3 is 10.1 Å². The monoisotopic (exact) mass is 274 g/mol. The third-order valence-electron chi connectivity index (χ3n) is 2.36. The Bertz CT molecular complexity index is 315. The number of thioether (sulfide) groups is 1. The van der Waals surface area contributed by atoms with Crippen molar-refractivity contribution in [2.75, 3.05) is 18.2 Å². The van der Waals surface area contributed by atoms with Crippen molar-refractivity contribution in [1.82, 2.24) is 10.2 Å². The zero-order valence-corrected chi connectivity index (χ0v) is 12.3. The third kappa shape index (κ3) is 4.40. The molecule has 1 aliphatic heterocycles. The van der Waals surface area contributed by atoms with Crippen LogP contribution in [0.2, 0.25) is 0 Å². The molecule has 5 nitrogen and oxygen atoms in total. The highest BCUT2D eigenvalue weighted by atomic mass is 32.2. The van der Waals surface area contributed by atoms with Crippen LogP contribution in [0.15, 0.2) is 0 Å². The largest absolute Gasteiger partial charge is 0.444 e. The fraction of sp³-hybridized carbons (Fsp3) is 0.833. The van der Waals surface area contributed by atoms with Crippen LogP contribution in [0.3, 0.4) is 0 Å². The predicted octanol–water partition coefficient (Wildman–Crippen LogP) is 1.82. The minimum Gasteiger partial charge on any atom is -0.444 e. The Labute approximate surface area is 113 Å². The molecule has 1 unspecified atom stereocenters. The summed E-state index contributed by atoms with van der Waals surface area (Å²) in [6, 6.07) is -0.406. The third-order valence-corrected chi connectivity index (χ3v) is 3.37. The van der Waals surface area contributed by atoms with Gasteiger partial charge in [-0.2, -0.15) is 0 Å². The van der Waals surface area contributed by atoms with Gasteiger partial charge in [-0.25, -0.2) is 4.79 Å². The lowest BCUT2D eigenvalue weighted by molar-refractivity contribution is -0.125. The predicted molar refractivity (Wildman–Crippen MR) is 72.5 cm³/mol. The molecule has 1 rings (SSSR count). The van der Waals surface area contributed by atoms with E-state index in [0.29, 0.717) is 18.2 Å². The molecule has 6 heteroatoms. The molecule has 18 heavy (non-hydrogen) atoms. The molecule has 104 valence electrons. The first-order valence-corrected chi connectivity index (χ1v) is 7.35. The van der Waals surface area contributed by atoms with Crippen molar-refractivity contribution in [3.8, 4) is 0 Å². The van der Waals surface area contributed by atoms with Crippen molar-refractivity contribution in [2.24, 2.45) is 0 Å². The van der Waals surface area contributed by atoms with Gasteiger partial charge >= 0.3 is 6.09 Å². The molecule has 1 aliphatic rings. The summed E-state index contributed by atoms with van der Waals surface area (Å²) < 4.78 is 5.30. The summed E-state index contributed by atoms with van der Waals surface area (Å²) in [6.07, 6.45) is 0.474. The van der Waals surface area contributed by atoms with Crippen LogP contribution in [0.4, 0.5) is 4.79 Å². The Morgan fingerprint density at radius 1 is 1.44 bits per heavy atom. The summed E-state index contributed by atoms with van der Waals surface area (Å²) >= 11 is 1.57. The molecule has 0 bridgehead atoms. The van der Waals surface area contributed by atoms with Gasteiger partial charge in [0.25, 0.3) is 0 Å². The van der Waals surface area contributed by atoms with Gasteiger partial charge in [0, 0.05) is 12.3 Å². The van der Waals surface area contributed by atoms with E-state index in [0.717, 1.165) is 6.42 Å². The Balaban J connectivity index is 2.59. The fourth-order valence-electron chi connectivity index (χ4n) is 1.53. The molecule has 1 N–H and O–H groups in total. The molecule has 0 saturated carbocycles. The van der Waals surface area contributed by atoms with Gasteiger partial charge in [-0.1, -0.05) is 6.92 Å². The van der Waals surface area contributed by atoms with Crippen LogP contribution in [0, 0.1) is 0 Å². The van der Waals surface area contributed by atoms with Gasteiger partial charge in [0.15, 0.2) is 0 Å². The Kier molecular flexibility index (Phi) is 5.31. The second kappa shape index (κ2) is 6.31. The van der Waals surface area contributed by atoms with Crippen molar-refractivity contribution < 1.29 is 14.3 Å². The Morgan fingerprint density at radius 3 is 2.67 bits per heavy atom. The number of ether oxygens (including phenoxy) is 1. The number of hydrogen-bond acceptors (Lipinski definition) is 4. The van der Waals surface area contributed by atoms with Crippen LogP contribution in [-0.2, 0) is 9.53 Å². The molecule has 0 aromatic carbocycles. The maximum atomic E-state index is 12.0.